The highest BCUT2D eigenvalue weighted by molar-refractivity contribution is 5.99. The van der Waals surface area contributed by atoms with E-state index in [-0.39, 0.29) is 11.8 Å². The minimum Gasteiger partial charge on any atom is -0.371 e. The number of fused-ring (bicyclic) bond motifs is 2. The fraction of sp³-hybridized carbons (Fsp3) is 0.296. The Bertz CT molecular complexity index is 1560. The smallest absolute Gasteiger partial charge is 0.226 e. The van der Waals surface area contributed by atoms with Crippen LogP contribution in [-0.2, 0) is 4.79 Å². The van der Waals surface area contributed by atoms with Crippen molar-refractivity contribution in [2.24, 2.45) is 5.92 Å². The van der Waals surface area contributed by atoms with E-state index < -0.39 is 0 Å². The third kappa shape index (κ3) is 4.06. The highest BCUT2D eigenvalue weighted by atomic mass is 16.1. The number of amides is 1. The Labute approximate surface area is 208 Å². The molecule has 3 N–H and O–H groups in total. The molecule has 36 heavy (non-hydrogen) atoms. The second-order valence-electron chi connectivity index (χ2n) is 9.62. The summed E-state index contributed by atoms with van der Waals surface area (Å²) in [7, 11) is 0. The zero-order chi connectivity index (χ0) is 24.6. The minimum absolute atomic E-state index is 0.0502. The van der Waals surface area contributed by atoms with Gasteiger partial charge in [0.2, 0.25) is 5.91 Å². The number of anilines is 2. The summed E-state index contributed by atoms with van der Waals surface area (Å²) < 4.78 is 0. The summed E-state index contributed by atoms with van der Waals surface area (Å²) in [6, 6.07) is 8.14. The van der Waals surface area contributed by atoms with Crippen LogP contribution in [0.4, 0.5) is 11.4 Å². The van der Waals surface area contributed by atoms with E-state index in [1.54, 1.807) is 18.6 Å². The summed E-state index contributed by atoms with van der Waals surface area (Å²) in [6.07, 6.45) is 10.8. The fourth-order valence-corrected chi connectivity index (χ4v) is 4.77. The van der Waals surface area contributed by atoms with E-state index in [1.165, 1.54) is 24.9 Å². The molecule has 0 spiro atoms. The molecule has 0 aliphatic carbocycles. The summed E-state index contributed by atoms with van der Waals surface area (Å²) in [4.78, 5) is 31.5. The van der Waals surface area contributed by atoms with Crippen molar-refractivity contribution in [3.63, 3.8) is 0 Å². The van der Waals surface area contributed by atoms with Crippen LogP contribution in [0, 0.1) is 5.92 Å². The summed E-state index contributed by atoms with van der Waals surface area (Å²) >= 11 is 0. The number of nitrogens with zero attached hydrogens (tertiary/aromatic N) is 5. The van der Waals surface area contributed by atoms with Crippen molar-refractivity contribution in [2.75, 3.05) is 23.3 Å². The van der Waals surface area contributed by atoms with Crippen LogP contribution in [0.5, 0.6) is 0 Å². The number of carbonyl (C=O) groups is 1. The maximum Gasteiger partial charge on any atom is 0.226 e. The first-order valence-electron chi connectivity index (χ1n) is 12.4. The normalized spacial score (nSPS) is 14.1. The van der Waals surface area contributed by atoms with Crippen molar-refractivity contribution < 1.29 is 4.79 Å². The molecule has 0 saturated carbocycles. The number of aromatic amines is 2. The molecule has 0 unspecified atom stereocenters. The van der Waals surface area contributed by atoms with E-state index in [2.05, 4.69) is 52.5 Å². The van der Waals surface area contributed by atoms with Gasteiger partial charge in [-0.15, -0.1) is 0 Å². The van der Waals surface area contributed by atoms with Gasteiger partial charge in [-0.2, -0.15) is 5.10 Å². The zero-order valence-electron chi connectivity index (χ0n) is 20.4. The van der Waals surface area contributed by atoms with Gasteiger partial charge in [0.05, 0.1) is 35.0 Å². The van der Waals surface area contributed by atoms with Crippen molar-refractivity contribution in [1.82, 2.24) is 30.1 Å². The number of aromatic nitrogens is 6. The highest BCUT2D eigenvalue weighted by Gasteiger charge is 2.18. The van der Waals surface area contributed by atoms with Crippen LogP contribution in [0.25, 0.3) is 44.6 Å². The first-order chi connectivity index (χ1) is 17.6. The number of hydrogen-bond donors (Lipinski definition) is 3. The average molecular weight is 481 g/mol. The second kappa shape index (κ2) is 9.07. The van der Waals surface area contributed by atoms with E-state index in [4.69, 9.17) is 0 Å². The van der Waals surface area contributed by atoms with Crippen molar-refractivity contribution >= 4 is 39.2 Å². The Morgan fingerprint density at radius 2 is 1.89 bits per heavy atom. The van der Waals surface area contributed by atoms with Gasteiger partial charge in [0, 0.05) is 53.4 Å². The first kappa shape index (κ1) is 22.2. The topological polar surface area (TPSA) is 115 Å². The van der Waals surface area contributed by atoms with Gasteiger partial charge in [0.25, 0.3) is 0 Å². The SMILES string of the molecule is CC(C)C(=O)Nc1cncc(-c2cc3c(-c4cc5c(N6CCCCC6)ccnc5[nH]4)n[nH]c3cn2)c1. The number of H-pyrrole nitrogens is 2. The third-order valence-electron chi connectivity index (χ3n) is 6.73. The molecule has 1 aliphatic heterocycles. The Hall–Kier alpha value is -4.27. The molecule has 1 aliphatic rings. The number of nitrogens with one attached hydrogen (secondary N) is 3. The van der Waals surface area contributed by atoms with Crippen LogP contribution in [-0.4, -0.2) is 49.1 Å². The Morgan fingerprint density at radius 3 is 2.72 bits per heavy atom. The summed E-state index contributed by atoms with van der Waals surface area (Å²) in [5.41, 5.74) is 6.85. The lowest BCUT2D eigenvalue weighted by atomic mass is 10.1. The molecule has 6 rings (SSSR count). The maximum absolute atomic E-state index is 12.1. The van der Waals surface area contributed by atoms with Gasteiger partial charge in [-0.25, -0.2) is 4.98 Å². The minimum atomic E-state index is -0.113. The van der Waals surface area contributed by atoms with Gasteiger partial charge >= 0.3 is 0 Å². The van der Waals surface area contributed by atoms with E-state index in [0.717, 1.165) is 57.7 Å². The number of rotatable bonds is 5. The molecule has 5 aromatic heterocycles. The molecule has 1 amide bonds. The van der Waals surface area contributed by atoms with E-state index >= 15 is 0 Å². The average Bonchev–Trinajstić information content (AvgIpc) is 3.53. The molecule has 0 atom stereocenters. The van der Waals surface area contributed by atoms with Crippen molar-refractivity contribution in [1.29, 1.82) is 0 Å². The Kier molecular flexibility index (Phi) is 5.59. The molecule has 9 nitrogen and oxygen atoms in total. The zero-order valence-corrected chi connectivity index (χ0v) is 20.4. The first-order valence-corrected chi connectivity index (χ1v) is 12.4. The fourth-order valence-electron chi connectivity index (χ4n) is 4.77. The quantitative estimate of drug-likeness (QED) is 0.320. The maximum atomic E-state index is 12.1. The largest absolute Gasteiger partial charge is 0.371 e. The molecule has 1 saturated heterocycles. The molecule has 6 heterocycles. The molecule has 5 aromatic rings. The van der Waals surface area contributed by atoms with E-state index in [1.807, 2.05) is 32.2 Å². The van der Waals surface area contributed by atoms with Gasteiger partial charge < -0.3 is 15.2 Å². The van der Waals surface area contributed by atoms with Gasteiger partial charge in [-0.3, -0.25) is 19.9 Å². The highest BCUT2D eigenvalue weighted by Crippen LogP contribution is 2.34. The second-order valence-corrected chi connectivity index (χ2v) is 9.62. The number of pyridine rings is 3. The van der Waals surface area contributed by atoms with Crippen LogP contribution in [0.3, 0.4) is 0 Å². The Balaban J connectivity index is 1.38. The summed E-state index contributed by atoms with van der Waals surface area (Å²) in [5.74, 6) is -0.163. The lowest BCUT2D eigenvalue weighted by Crippen LogP contribution is -2.29. The molecule has 0 bridgehead atoms. The number of piperidine rings is 1. The molecule has 9 heteroatoms. The third-order valence-corrected chi connectivity index (χ3v) is 6.73. The summed E-state index contributed by atoms with van der Waals surface area (Å²) in [6.45, 7) is 5.87. The predicted octanol–water partition coefficient (Wildman–Crippen LogP) is 5.15. The van der Waals surface area contributed by atoms with Crippen LogP contribution >= 0.6 is 0 Å². The molecular weight excluding hydrogens is 452 g/mol. The predicted molar refractivity (Wildman–Crippen MR) is 142 cm³/mol. The lowest BCUT2D eigenvalue weighted by Gasteiger charge is -2.29. The number of carbonyl (C=O) groups excluding carboxylic acids is 1. The molecule has 182 valence electrons. The van der Waals surface area contributed by atoms with Crippen LogP contribution in [0.2, 0.25) is 0 Å². The molecular formula is C27H28N8O. The van der Waals surface area contributed by atoms with E-state index in [0.29, 0.717) is 5.69 Å². The van der Waals surface area contributed by atoms with Crippen LogP contribution < -0.4 is 10.2 Å². The van der Waals surface area contributed by atoms with Crippen molar-refractivity contribution in [3.8, 4) is 22.6 Å². The van der Waals surface area contributed by atoms with Crippen molar-refractivity contribution in [2.45, 2.75) is 33.1 Å². The van der Waals surface area contributed by atoms with Crippen LogP contribution in [0.15, 0.2) is 49.1 Å². The number of hydrogen-bond acceptors (Lipinski definition) is 6. The van der Waals surface area contributed by atoms with Gasteiger partial charge in [0.1, 0.15) is 11.3 Å². The van der Waals surface area contributed by atoms with Gasteiger partial charge in [-0.05, 0) is 43.5 Å². The summed E-state index contributed by atoms with van der Waals surface area (Å²) in [5, 5.41) is 12.7. The lowest BCUT2D eigenvalue weighted by molar-refractivity contribution is -0.118. The van der Waals surface area contributed by atoms with Gasteiger partial charge in [0.15, 0.2) is 0 Å². The molecule has 0 radical (unpaired) electrons. The monoisotopic (exact) mass is 480 g/mol. The van der Waals surface area contributed by atoms with Crippen LogP contribution in [0.1, 0.15) is 33.1 Å². The Morgan fingerprint density at radius 1 is 1.03 bits per heavy atom. The van der Waals surface area contributed by atoms with E-state index in [9.17, 15) is 4.79 Å². The van der Waals surface area contributed by atoms with Gasteiger partial charge in [-0.1, -0.05) is 13.8 Å². The molecule has 1 fully saturated rings. The molecule has 0 aromatic carbocycles. The van der Waals surface area contributed by atoms with Crippen molar-refractivity contribution in [3.05, 3.63) is 49.1 Å². The standard InChI is InChI=1S/C27H28N8O/c1-16(2)27(36)31-18-10-17(13-28-14-18)21-11-19-23(15-30-21)33-34-25(19)22-12-20-24(6-7-29-26(20)32-22)35-8-4-3-5-9-35/h6-7,10-16H,3-5,8-9H2,1-2H3,(H,29,32)(H,31,36)(H,33,34).